The number of halogens is 1. The van der Waals surface area contributed by atoms with E-state index in [9.17, 15) is 14.4 Å². The second kappa shape index (κ2) is 6.43. The van der Waals surface area contributed by atoms with Gasteiger partial charge in [-0.15, -0.1) is 0 Å². The van der Waals surface area contributed by atoms with Gasteiger partial charge in [0, 0.05) is 5.56 Å². The molecule has 3 N–H and O–H groups in total. The van der Waals surface area contributed by atoms with Crippen molar-refractivity contribution < 1.29 is 19.1 Å². The molecule has 1 aromatic rings. The first-order valence-electron chi connectivity index (χ1n) is 8.05. The molecule has 1 atom stereocenters. The summed E-state index contributed by atoms with van der Waals surface area (Å²) in [5, 5.41) is 2.89. The Morgan fingerprint density at radius 2 is 2.00 bits per heavy atom. The van der Waals surface area contributed by atoms with Gasteiger partial charge in [-0.05, 0) is 25.0 Å². The zero-order valence-corrected chi connectivity index (χ0v) is 13.9. The first-order valence-corrected chi connectivity index (χ1v) is 8.43. The van der Waals surface area contributed by atoms with Crippen LogP contribution in [0.25, 0.3) is 0 Å². The quantitative estimate of drug-likeness (QED) is 0.815. The summed E-state index contributed by atoms with van der Waals surface area (Å²) in [4.78, 5) is 36.8. The highest BCUT2D eigenvalue weighted by molar-refractivity contribution is 6.33. The van der Waals surface area contributed by atoms with Gasteiger partial charge in [0.25, 0.3) is 5.91 Å². The van der Waals surface area contributed by atoms with Gasteiger partial charge >= 0.3 is 5.97 Å². The van der Waals surface area contributed by atoms with Crippen LogP contribution in [0, 0.1) is 5.92 Å². The molecule has 128 valence electrons. The van der Waals surface area contributed by atoms with Crippen LogP contribution >= 0.6 is 11.6 Å². The molecule has 1 heterocycles. The van der Waals surface area contributed by atoms with Crippen molar-refractivity contribution in [3.63, 3.8) is 0 Å². The second-order valence-corrected chi connectivity index (χ2v) is 6.75. The fourth-order valence-corrected chi connectivity index (χ4v) is 3.84. The van der Waals surface area contributed by atoms with Gasteiger partial charge in [0.2, 0.25) is 11.5 Å². The van der Waals surface area contributed by atoms with Crippen LogP contribution in [0.1, 0.15) is 44.1 Å². The second-order valence-electron chi connectivity index (χ2n) is 6.34. The number of fused-ring (bicyclic) bond motifs is 1. The molecule has 0 aromatic heterocycles. The SMILES string of the molecule is NC(=O)CC1(OC(=O)C2CCCCC2)C(=O)Nc2cccc(Cl)c21. The Bertz CT molecular complexity index is 700. The highest BCUT2D eigenvalue weighted by Gasteiger charge is 2.53. The van der Waals surface area contributed by atoms with Crippen molar-refractivity contribution in [2.45, 2.75) is 44.1 Å². The molecule has 2 aliphatic rings. The summed E-state index contributed by atoms with van der Waals surface area (Å²) < 4.78 is 5.63. The normalized spacial score (nSPS) is 23.5. The average molecular weight is 351 g/mol. The number of rotatable bonds is 4. The number of hydrogen-bond acceptors (Lipinski definition) is 4. The molecular weight excluding hydrogens is 332 g/mol. The fraction of sp³-hybridized carbons (Fsp3) is 0.471. The molecule has 1 unspecified atom stereocenters. The van der Waals surface area contributed by atoms with Crippen molar-refractivity contribution in [3.05, 3.63) is 28.8 Å². The number of nitrogens with two attached hydrogens (primary N) is 1. The third kappa shape index (κ3) is 2.86. The third-order valence-electron chi connectivity index (χ3n) is 4.67. The fourth-order valence-electron chi connectivity index (χ4n) is 3.52. The van der Waals surface area contributed by atoms with Crippen LogP contribution in [0.15, 0.2) is 18.2 Å². The molecule has 1 fully saturated rings. The van der Waals surface area contributed by atoms with Crippen LogP contribution in [0.4, 0.5) is 5.69 Å². The molecule has 0 saturated heterocycles. The van der Waals surface area contributed by atoms with Crippen LogP contribution < -0.4 is 11.1 Å². The molecule has 1 saturated carbocycles. The van der Waals surface area contributed by atoms with E-state index in [1.807, 2.05) is 0 Å². The van der Waals surface area contributed by atoms with E-state index >= 15 is 0 Å². The number of amides is 2. The van der Waals surface area contributed by atoms with Gasteiger partial charge < -0.3 is 15.8 Å². The first-order chi connectivity index (χ1) is 11.4. The van der Waals surface area contributed by atoms with Gasteiger partial charge in [-0.1, -0.05) is 36.9 Å². The maximum atomic E-state index is 12.6. The van der Waals surface area contributed by atoms with Gasteiger partial charge in [-0.25, -0.2) is 0 Å². The number of esters is 1. The van der Waals surface area contributed by atoms with Gasteiger partial charge in [-0.2, -0.15) is 0 Å². The van der Waals surface area contributed by atoms with Crippen molar-refractivity contribution in [2.75, 3.05) is 5.32 Å². The first kappa shape index (κ1) is 16.8. The maximum absolute atomic E-state index is 12.6. The standard InChI is InChI=1S/C17H19ClN2O4/c18-11-7-4-8-12-14(11)17(9-13(19)21,16(23)20-12)24-15(22)10-5-2-1-3-6-10/h4,7-8,10H,1-3,5-6,9H2,(H2,19,21)(H,20,23). The molecule has 0 spiro atoms. The number of carbonyl (C=O) groups excluding carboxylic acids is 3. The summed E-state index contributed by atoms with van der Waals surface area (Å²) in [7, 11) is 0. The molecule has 6 nitrogen and oxygen atoms in total. The lowest BCUT2D eigenvalue weighted by Gasteiger charge is -2.30. The van der Waals surface area contributed by atoms with Gasteiger partial charge in [0.05, 0.1) is 23.0 Å². The molecule has 1 aliphatic carbocycles. The number of ether oxygens (including phenoxy) is 1. The molecule has 7 heteroatoms. The Morgan fingerprint density at radius 1 is 1.29 bits per heavy atom. The predicted molar refractivity (Wildman–Crippen MR) is 88.2 cm³/mol. The lowest BCUT2D eigenvalue weighted by molar-refractivity contribution is -0.173. The van der Waals surface area contributed by atoms with Crippen molar-refractivity contribution in [1.82, 2.24) is 0 Å². The van der Waals surface area contributed by atoms with E-state index < -0.39 is 29.8 Å². The van der Waals surface area contributed by atoms with E-state index in [4.69, 9.17) is 22.1 Å². The molecular formula is C17H19ClN2O4. The molecule has 24 heavy (non-hydrogen) atoms. The highest BCUT2D eigenvalue weighted by atomic mass is 35.5. The summed E-state index contributed by atoms with van der Waals surface area (Å²) in [5.74, 6) is -2.07. The van der Waals surface area contributed by atoms with E-state index in [-0.39, 0.29) is 10.9 Å². The molecule has 1 aromatic carbocycles. The van der Waals surface area contributed by atoms with Crippen LogP contribution in [0.3, 0.4) is 0 Å². The van der Waals surface area contributed by atoms with Crippen LogP contribution in [-0.4, -0.2) is 17.8 Å². The van der Waals surface area contributed by atoms with E-state index in [1.165, 1.54) is 0 Å². The number of hydrogen-bond donors (Lipinski definition) is 2. The minimum atomic E-state index is -1.78. The Kier molecular flexibility index (Phi) is 4.49. The zero-order valence-electron chi connectivity index (χ0n) is 13.1. The van der Waals surface area contributed by atoms with E-state index in [1.54, 1.807) is 18.2 Å². The number of benzene rings is 1. The van der Waals surface area contributed by atoms with E-state index in [0.717, 1.165) is 32.1 Å². The smallest absolute Gasteiger partial charge is 0.310 e. The zero-order chi connectivity index (χ0) is 17.3. The van der Waals surface area contributed by atoms with Crippen LogP contribution in [-0.2, 0) is 24.7 Å². The van der Waals surface area contributed by atoms with Gasteiger partial charge in [0.1, 0.15) is 0 Å². The Hall–Kier alpha value is -2.08. The summed E-state index contributed by atoms with van der Waals surface area (Å²) in [6.45, 7) is 0. The maximum Gasteiger partial charge on any atom is 0.310 e. The predicted octanol–water partition coefficient (Wildman–Crippen LogP) is 2.49. The van der Waals surface area contributed by atoms with E-state index in [0.29, 0.717) is 11.3 Å². The minimum Gasteiger partial charge on any atom is -0.443 e. The highest BCUT2D eigenvalue weighted by Crippen LogP contribution is 2.46. The number of anilines is 1. The Labute approximate surface area is 144 Å². The third-order valence-corrected chi connectivity index (χ3v) is 4.98. The number of nitrogens with one attached hydrogen (secondary N) is 1. The monoisotopic (exact) mass is 350 g/mol. The average Bonchev–Trinajstić information content (AvgIpc) is 2.80. The Balaban J connectivity index is 1.98. The van der Waals surface area contributed by atoms with Crippen molar-refractivity contribution in [1.29, 1.82) is 0 Å². The van der Waals surface area contributed by atoms with Crippen molar-refractivity contribution >= 4 is 35.1 Å². The van der Waals surface area contributed by atoms with Crippen molar-refractivity contribution in [3.8, 4) is 0 Å². The van der Waals surface area contributed by atoms with Crippen LogP contribution in [0.5, 0.6) is 0 Å². The summed E-state index contributed by atoms with van der Waals surface area (Å²) in [6, 6.07) is 4.91. The minimum absolute atomic E-state index is 0.253. The molecule has 0 bridgehead atoms. The topological polar surface area (TPSA) is 98.5 Å². The summed E-state index contributed by atoms with van der Waals surface area (Å²) in [5.41, 5.74) is 4.28. The molecule has 2 amide bonds. The summed E-state index contributed by atoms with van der Waals surface area (Å²) >= 11 is 6.24. The lowest BCUT2D eigenvalue weighted by atomic mass is 9.87. The van der Waals surface area contributed by atoms with Crippen molar-refractivity contribution in [2.24, 2.45) is 11.7 Å². The van der Waals surface area contributed by atoms with Gasteiger partial charge in [-0.3, -0.25) is 14.4 Å². The van der Waals surface area contributed by atoms with Crippen LogP contribution in [0.2, 0.25) is 5.02 Å². The summed E-state index contributed by atoms with van der Waals surface area (Å²) in [6.07, 6.45) is 4.00. The molecule has 3 rings (SSSR count). The molecule has 0 radical (unpaired) electrons. The lowest BCUT2D eigenvalue weighted by Crippen LogP contribution is -2.44. The molecule has 1 aliphatic heterocycles. The largest absolute Gasteiger partial charge is 0.443 e. The Morgan fingerprint density at radius 3 is 2.67 bits per heavy atom. The van der Waals surface area contributed by atoms with E-state index in [2.05, 4.69) is 5.32 Å². The van der Waals surface area contributed by atoms with Gasteiger partial charge in [0.15, 0.2) is 0 Å². The number of primary amides is 1. The number of carbonyl (C=O) groups is 3.